The molecule has 1 aromatic heterocycles. The van der Waals surface area contributed by atoms with E-state index in [0.29, 0.717) is 0 Å². The van der Waals surface area contributed by atoms with Gasteiger partial charge < -0.3 is 10.2 Å². The predicted molar refractivity (Wildman–Crippen MR) is 86.9 cm³/mol. The van der Waals surface area contributed by atoms with E-state index in [9.17, 15) is 0 Å². The number of anilines is 1. The summed E-state index contributed by atoms with van der Waals surface area (Å²) in [5.41, 5.74) is 1.01. The lowest BCUT2D eigenvalue weighted by atomic mass is 10.2. The van der Waals surface area contributed by atoms with E-state index >= 15 is 0 Å². The number of aromatic nitrogens is 3. The van der Waals surface area contributed by atoms with E-state index in [0.717, 1.165) is 58.9 Å². The minimum atomic E-state index is 0.776. The van der Waals surface area contributed by atoms with Crippen molar-refractivity contribution in [1.82, 2.24) is 20.5 Å². The van der Waals surface area contributed by atoms with Crippen molar-refractivity contribution >= 4 is 37.8 Å². The zero-order valence-electron chi connectivity index (χ0n) is 10.9. The molecule has 2 N–H and O–H groups in total. The third-order valence-corrected chi connectivity index (χ3v) is 4.43. The highest BCUT2D eigenvalue weighted by molar-refractivity contribution is 9.11. The van der Waals surface area contributed by atoms with E-state index in [1.807, 2.05) is 18.2 Å². The predicted octanol–water partition coefficient (Wildman–Crippen LogP) is 2.80. The van der Waals surface area contributed by atoms with Crippen molar-refractivity contribution in [1.29, 1.82) is 0 Å². The highest BCUT2D eigenvalue weighted by Gasteiger charge is 2.15. The fourth-order valence-electron chi connectivity index (χ4n) is 2.24. The van der Waals surface area contributed by atoms with Gasteiger partial charge in [-0.2, -0.15) is 4.98 Å². The van der Waals surface area contributed by atoms with Gasteiger partial charge in [-0.3, -0.25) is 5.10 Å². The molecule has 7 heteroatoms. The minimum Gasteiger partial charge on any atom is -0.338 e. The maximum absolute atomic E-state index is 4.62. The van der Waals surface area contributed by atoms with Gasteiger partial charge in [0.2, 0.25) is 5.95 Å². The number of hydrogen-bond donors (Lipinski definition) is 2. The van der Waals surface area contributed by atoms with Crippen molar-refractivity contribution in [2.24, 2.45) is 0 Å². The van der Waals surface area contributed by atoms with E-state index < -0.39 is 0 Å². The van der Waals surface area contributed by atoms with Gasteiger partial charge in [-0.15, -0.1) is 5.10 Å². The van der Waals surface area contributed by atoms with E-state index in [2.05, 4.69) is 57.3 Å². The number of benzene rings is 1. The molecule has 0 aliphatic carbocycles. The van der Waals surface area contributed by atoms with Crippen LogP contribution in [0.1, 0.15) is 6.42 Å². The Hall–Kier alpha value is -0.920. The first-order valence-electron chi connectivity index (χ1n) is 6.57. The van der Waals surface area contributed by atoms with Crippen LogP contribution in [0.3, 0.4) is 0 Å². The van der Waals surface area contributed by atoms with Crippen LogP contribution in [0.4, 0.5) is 5.95 Å². The Labute approximate surface area is 134 Å². The summed E-state index contributed by atoms with van der Waals surface area (Å²) in [6, 6.07) is 6.02. The van der Waals surface area contributed by atoms with Crippen LogP contribution in [0.2, 0.25) is 0 Å². The van der Waals surface area contributed by atoms with E-state index in [1.165, 1.54) is 0 Å². The summed E-state index contributed by atoms with van der Waals surface area (Å²) in [7, 11) is 0. The summed E-state index contributed by atoms with van der Waals surface area (Å²) in [4.78, 5) is 6.84. The van der Waals surface area contributed by atoms with Crippen molar-refractivity contribution < 1.29 is 0 Å². The molecule has 0 atom stereocenters. The van der Waals surface area contributed by atoms with Gasteiger partial charge in [-0.1, -0.05) is 15.9 Å². The van der Waals surface area contributed by atoms with E-state index in [-0.39, 0.29) is 0 Å². The molecule has 20 heavy (non-hydrogen) atoms. The molecule has 5 nitrogen and oxygen atoms in total. The molecule has 0 amide bonds. The van der Waals surface area contributed by atoms with Crippen molar-refractivity contribution in [3.8, 4) is 11.4 Å². The number of rotatable bonds is 2. The quantitative estimate of drug-likeness (QED) is 0.813. The molecule has 106 valence electrons. The lowest BCUT2D eigenvalue weighted by Gasteiger charge is -2.16. The molecule has 2 heterocycles. The molecule has 1 aromatic carbocycles. The molecule has 1 aliphatic heterocycles. The maximum Gasteiger partial charge on any atom is 0.245 e. The molecular weight excluding hydrogens is 386 g/mol. The number of hydrogen-bond acceptors (Lipinski definition) is 4. The SMILES string of the molecule is Brc1ccc(-c2nc(N3CCCNCC3)n[nH]2)c(Br)c1. The highest BCUT2D eigenvalue weighted by Crippen LogP contribution is 2.29. The Morgan fingerprint density at radius 3 is 2.90 bits per heavy atom. The second-order valence-corrected chi connectivity index (χ2v) is 6.47. The van der Waals surface area contributed by atoms with Crippen LogP contribution in [0.5, 0.6) is 0 Å². The molecule has 2 aromatic rings. The Morgan fingerprint density at radius 2 is 2.05 bits per heavy atom. The molecule has 0 spiro atoms. The molecular formula is C13H15Br2N5. The Kier molecular flexibility index (Phi) is 4.38. The maximum atomic E-state index is 4.62. The first-order valence-corrected chi connectivity index (χ1v) is 8.16. The van der Waals surface area contributed by atoms with Gasteiger partial charge in [-0.05, 0) is 47.1 Å². The van der Waals surface area contributed by atoms with Crippen LogP contribution in [0.15, 0.2) is 27.1 Å². The van der Waals surface area contributed by atoms with Gasteiger partial charge in [0.25, 0.3) is 0 Å². The standard InChI is InChI=1S/C13H15Br2N5/c14-9-2-3-10(11(15)8-9)12-17-13(19-18-12)20-6-1-4-16-5-7-20/h2-3,8,16H,1,4-7H2,(H,17,18,19). The molecule has 0 radical (unpaired) electrons. The van der Waals surface area contributed by atoms with Crippen LogP contribution in [-0.2, 0) is 0 Å². The first kappa shape index (κ1) is 14.0. The minimum absolute atomic E-state index is 0.776. The molecule has 0 bridgehead atoms. The van der Waals surface area contributed by atoms with Crippen LogP contribution in [0, 0.1) is 0 Å². The van der Waals surface area contributed by atoms with Gasteiger partial charge in [0.1, 0.15) is 0 Å². The lowest BCUT2D eigenvalue weighted by molar-refractivity contribution is 0.724. The topological polar surface area (TPSA) is 56.8 Å². The van der Waals surface area contributed by atoms with E-state index in [4.69, 9.17) is 0 Å². The van der Waals surface area contributed by atoms with Crippen molar-refractivity contribution in [2.45, 2.75) is 6.42 Å². The molecule has 1 aliphatic rings. The fourth-order valence-corrected chi connectivity index (χ4v) is 3.48. The van der Waals surface area contributed by atoms with Gasteiger partial charge in [0, 0.05) is 34.1 Å². The summed E-state index contributed by atoms with van der Waals surface area (Å²) in [6.07, 6.45) is 1.12. The summed E-state index contributed by atoms with van der Waals surface area (Å²) in [5, 5.41) is 10.8. The summed E-state index contributed by atoms with van der Waals surface area (Å²) >= 11 is 7.01. The van der Waals surface area contributed by atoms with Gasteiger partial charge in [0.05, 0.1) is 0 Å². The molecule has 3 rings (SSSR count). The monoisotopic (exact) mass is 399 g/mol. The number of aromatic amines is 1. The Balaban J connectivity index is 1.85. The van der Waals surface area contributed by atoms with Crippen LogP contribution >= 0.6 is 31.9 Å². The number of nitrogens with one attached hydrogen (secondary N) is 2. The normalized spacial score (nSPS) is 16.2. The molecule has 1 fully saturated rings. The van der Waals surface area contributed by atoms with Crippen molar-refractivity contribution in [3.05, 3.63) is 27.1 Å². The third-order valence-electron chi connectivity index (χ3n) is 3.28. The van der Waals surface area contributed by atoms with Crippen molar-refractivity contribution in [2.75, 3.05) is 31.1 Å². The number of halogens is 2. The largest absolute Gasteiger partial charge is 0.338 e. The van der Waals surface area contributed by atoms with Crippen LogP contribution in [-0.4, -0.2) is 41.4 Å². The highest BCUT2D eigenvalue weighted by atomic mass is 79.9. The molecule has 0 unspecified atom stereocenters. The average molecular weight is 401 g/mol. The van der Waals surface area contributed by atoms with Crippen LogP contribution in [0.25, 0.3) is 11.4 Å². The summed E-state index contributed by atoms with van der Waals surface area (Å²) in [5.74, 6) is 1.56. The lowest BCUT2D eigenvalue weighted by Crippen LogP contribution is -2.28. The Bertz CT molecular complexity index is 590. The molecule has 1 saturated heterocycles. The number of nitrogens with zero attached hydrogens (tertiary/aromatic N) is 3. The summed E-state index contributed by atoms with van der Waals surface area (Å²) in [6.45, 7) is 3.97. The number of H-pyrrole nitrogens is 1. The first-order chi connectivity index (χ1) is 9.74. The van der Waals surface area contributed by atoms with E-state index in [1.54, 1.807) is 0 Å². The van der Waals surface area contributed by atoms with Crippen LogP contribution < -0.4 is 10.2 Å². The second kappa shape index (κ2) is 6.24. The molecule has 0 saturated carbocycles. The zero-order chi connectivity index (χ0) is 13.9. The zero-order valence-corrected chi connectivity index (χ0v) is 14.0. The summed E-state index contributed by atoms with van der Waals surface area (Å²) < 4.78 is 2.03. The Morgan fingerprint density at radius 1 is 1.15 bits per heavy atom. The van der Waals surface area contributed by atoms with Gasteiger partial charge in [-0.25, -0.2) is 0 Å². The second-order valence-electron chi connectivity index (χ2n) is 4.70. The van der Waals surface area contributed by atoms with Gasteiger partial charge in [0.15, 0.2) is 5.82 Å². The van der Waals surface area contributed by atoms with Crippen molar-refractivity contribution in [3.63, 3.8) is 0 Å². The smallest absolute Gasteiger partial charge is 0.245 e. The van der Waals surface area contributed by atoms with Gasteiger partial charge >= 0.3 is 0 Å². The average Bonchev–Trinajstić information content (AvgIpc) is 2.74. The fraction of sp³-hybridized carbons (Fsp3) is 0.385. The third kappa shape index (κ3) is 3.05.